The van der Waals surface area contributed by atoms with E-state index in [0.29, 0.717) is 5.41 Å². The van der Waals surface area contributed by atoms with Gasteiger partial charge in [0, 0.05) is 31.6 Å². The highest BCUT2D eigenvalue weighted by Crippen LogP contribution is 2.43. The molecule has 2 nitrogen and oxygen atoms in total. The molecule has 0 aromatic rings. The van der Waals surface area contributed by atoms with Gasteiger partial charge in [-0.3, -0.25) is 0 Å². The molecule has 0 spiro atoms. The Kier molecular flexibility index (Phi) is 3.86. The van der Waals surface area contributed by atoms with E-state index in [4.69, 9.17) is 4.74 Å². The van der Waals surface area contributed by atoms with Gasteiger partial charge in [0.2, 0.25) is 0 Å². The first-order valence-electron chi connectivity index (χ1n) is 5.71. The second-order valence-corrected chi connectivity index (χ2v) is 5.29. The van der Waals surface area contributed by atoms with E-state index in [2.05, 4.69) is 20.8 Å². The number of ether oxygens (including phenoxy) is 1. The number of nitrogens with zero attached hydrogens (tertiary/aromatic N) is 1. The highest BCUT2D eigenvalue weighted by Gasteiger charge is 2.37. The molecule has 1 aliphatic heterocycles. The SMILES string of the molecule is BrCC1(CN2CCCOCC2)CCC1. The Hall–Kier alpha value is 0.400. The molecular weight excluding hydrogens is 242 g/mol. The summed E-state index contributed by atoms with van der Waals surface area (Å²) < 4.78 is 5.47. The van der Waals surface area contributed by atoms with Crippen LogP contribution in [0.3, 0.4) is 0 Å². The maximum absolute atomic E-state index is 5.47. The van der Waals surface area contributed by atoms with Gasteiger partial charge in [-0.25, -0.2) is 0 Å². The highest BCUT2D eigenvalue weighted by molar-refractivity contribution is 9.09. The Morgan fingerprint density at radius 3 is 2.64 bits per heavy atom. The Morgan fingerprint density at radius 1 is 1.14 bits per heavy atom. The first kappa shape index (κ1) is 10.9. The molecule has 0 aromatic carbocycles. The predicted octanol–water partition coefficient (Wildman–Crippen LogP) is 2.27. The molecule has 14 heavy (non-hydrogen) atoms. The van der Waals surface area contributed by atoms with E-state index in [9.17, 15) is 0 Å². The lowest BCUT2D eigenvalue weighted by Gasteiger charge is -2.43. The van der Waals surface area contributed by atoms with Gasteiger partial charge in [0.25, 0.3) is 0 Å². The molecule has 1 saturated carbocycles. The van der Waals surface area contributed by atoms with Crippen LogP contribution in [0.5, 0.6) is 0 Å². The fourth-order valence-electron chi connectivity index (χ4n) is 2.44. The standard InChI is InChI=1S/C11H20BrNO/c12-9-11(3-1-4-11)10-13-5-2-7-14-8-6-13/h1-10H2. The molecular formula is C11H20BrNO. The average molecular weight is 262 g/mol. The van der Waals surface area contributed by atoms with Crippen LogP contribution in [0.1, 0.15) is 25.7 Å². The summed E-state index contributed by atoms with van der Waals surface area (Å²) in [6.45, 7) is 5.53. The van der Waals surface area contributed by atoms with Gasteiger partial charge in [0.1, 0.15) is 0 Å². The second kappa shape index (κ2) is 4.95. The van der Waals surface area contributed by atoms with E-state index < -0.39 is 0 Å². The highest BCUT2D eigenvalue weighted by atomic mass is 79.9. The molecule has 3 heteroatoms. The minimum Gasteiger partial charge on any atom is -0.380 e. The van der Waals surface area contributed by atoms with Crippen molar-refractivity contribution in [2.45, 2.75) is 25.7 Å². The summed E-state index contributed by atoms with van der Waals surface area (Å²) in [7, 11) is 0. The smallest absolute Gasteiger partial charge is 0.0593 e. The van der Waals surface area contributed by atoms with Crippen LogP contribution in [0.15, 0.2) is 0 Å². The lowest BCUT2D eigenvalue weighted by atomic mass is 9.70. The van der Waals surface area contributed by atoms with Gasteiger partial charge in [-0.15, -0.1) is 0 Å². The summed E-state index contributed by atoms with van der Waals surface area (Å²) in [6.07, 6.45) is 5.46. The van der Waals surface area contributed by atoms with E-state index in [1.807, 2.05) is 0 Å². The molecule has 2 fully saturated rings. The van der Waals surface area contributed by atoms with Gasteiger partial charge in [-0.2, -0.15) is 0 Å². The molecule has 2 aliphatic rings. The first-order chi connectivity index (χ1) is 6.85. The van der Waals surface area contributed by atoms with Crippen LogP contribution >= 0.6 is 15.9 Å². The Bertz CT molecular complexity index is 169. The van der Waals surface area contributed by atoms with E-state index in [0.717, 1.165) is 19.8 Å². The number of rotatable bonds is 3. The monoisotopic (exact) mass is 261 g/mol. The molecule has 1 heterocycles. The molecule has 1 saturated heterocycles. The van der Waals surface area contributed by atoms with Gasteiger partial charge in [-0.05, 0) is 24.7 Å². The van der Waals surface area contributed by atoms with Crippen molar-refractivity contribution in [3.8, 4) is 0 Å². The molecule has 0 atom stereocenters. The number of hydrogen-bond acceptors (Lipinski definition) is 2. The zero-order valence-electron chi connectivity index (χ0n) is 8.80. The van der Waals surface area contributed by atoms with Gasteiger partial charge >= 0.3 is 0 Å². The summed E-state index contributed by atoms with van der Waals surface area (Å²) >= 11 is 3.67. The third-order valence-corrected chi connectivity index (χ3v) is 4.76. The lowest BCUT2D eigenvalue weighted by molar-refractivity contribution is 0.0849. The van der Waals surface area contributed by atoms with E-state index >= 15 is 0 Å². The third kappa shape index (κ3) is 2.50. The Morgan fingerprint density at radius 2 is 2.00 bits per heavy atom. The fourth-order valence-corrected chi connectivity index (χ4v) is 3.18. The summed E-state index contributed by atoms with van der Waals surface area (Å²) in [6, 6.07) is 0. The van der Waals surface area contributed by atoms with E-state index in [1.54, 1.807) is 0 Å². The topological polar surface area (TPSA) is 12.5 Å². The van der Waals surface area contributed by atoms with Crippen LogP contribution in [0, 0.1) is 5.41 Å². The van der Waals surface area contributed by atoms with Crippen molar-refractivity contribution < 1.29 is 4.74 Å². The van der Waals surface area contributed by atoms with Crippen molar-refractivity contribution in [1.82, 2.24) is 4.90 Å². The van der Waals surface area contributed by atoms with Crippen molar-refractivity contribution in [1.29, 1.82) is 0 Å². The summed E-state index contributed by atoms with van der Waals surface area (Å²) in [4.78, 5) is 2.59. The molecule has 1 aliphatic carbocycles. The molecule has 0 N–H and O–H groups in total. The van der Waals surface area contributed by atoms with Crippen LogP contribution in [0.25, 0.3) is 0 Å². The van der Waals surface area contributed by atoms with Crippen LogP contribution in [0.2, 0.25) is 0 Å². The van der Waals surface area contributed by atoms with Crippen LogP contribution in [-0.4, -0.2) is 43.1 Å². The normalized spacial score (nSPS) is 28.1. The van der Waals surface area contributed by atoms with Gasteiger partial charge < -0.3 is 9.64 Å². The lowest BCUT2D eigenvalue weighted by Crippen LogP contribution is -2.44. The number of alkyl halides is 1. The maximum Gasteiger partial charge on any atom is 0.0593 e. The predicted molar refractivity (Wildman–Crippen MR) is 62.0 cm³/mol. The Balaban J connectivity index is 1.82. The Labute approximate surface area is 95.1 Å². The molecule has 0 aromatic heterocycles. The quantitative estimate of drug-likeness (QED) is 0.723. The van der Waals surface area contributed by atoms with Crippen LogP contribution in [0.4, 0.5) is 0 Å². The van der Waals surface area contributed by atoms with Crippen LogP contribution in [-0.2, 0) is 4.74 Å². The minimum absolute atomic E-state index is 0.602. The van der Waals surface area contributed by atoms with Crippen molar-refractivity contribution in [3.05, 3.63) is 0 Å². The second-order valence-electron chi connectivity index (χ2n) is 4.73. The summed E-state index contributed by atoms with van der Waals surface area (Å²) in [5.41, 5.74) is 0.602. The van der Waals surface area contributed by atoms with Crippen molar-refractivity contribution in [2.75, 3.05) is 38.2 Å². The van der Waals surface area contributed by atoms with Gasteiger partial charge in [-0.1, -0.05) is 22.4 Å². The minimum atomic E-state index is 0.602. The molecule has 0 bridgehead atoms. The van der Waals surface area contributed by atoms with Crippen LogP contribution < -0.4 is 0 Å². The first-order valence-corrected chi connectivity index (χ1v) is 6.83. The van der Waals surface area contributed by atoms with Crippen molar-refractivity contribution in [2.24, 2.45) is 5.41 Å². The summed E-state index contributed by atoms with van der Waals surface area (Å²) in [5.74, 6) is 0. The molecule has 0 amide bonds. The van der Waals surface area contributed by atoms with Gasteiger partial charge in [0.05, 0.1) is 6.61 Å². The maximum atomic E-state index is 5.47. The van der Waals surface area contributed by atoms with Gasteiger partial charge in [0.15, 0.2) is 0 Å². The molecule has 0 radical (unpaired) electrons. The zero-order chi connectivity index (χ0) is 9.86. The number of hydrogen-bond donors (Lipinski definition) is 0. The third-order valence-electron chi connectivity index (χ3n) is 3.57. The average Bonchev–Trinajstić information content (AvgIpc) is 2.39. The van der Waals surface area contributed by atoms with E-state index in [1.165, 1.54) is 44.1 Å². The molecule has 82 valence electrons. The fraction of sp³-hybridized carbons (Fsp3) is 1.00. The largest absolute Gasteiger partial charge is 0.380 e. The van der Waals surface area contributed by atoms with Crippen molar-refractivity contribution in [3.63, 3.8) is 0 Å². The van der Waals surface area contributed by atoms with Crippen molar-refractivity contribution >= 4 is 15.9 Å². The molecule has 2 rings (SSSR count). The number of halogens is 1. The molecule has 0 unspecified atom stereocenters. The zero-order valence-corrected chi connectivity index (χ0v) is 10.4. The van der Waals surface area contributed by atoms with E-state index in [-0.39, 0.29) is 0 Å². The summed E-state index contributed by atoms with van der Waals surface area (Å²) in [5, 5.41) is 1.18.